The molecule has 0 saturated carbocycles. The van der Waals surface area contributed by atoms with Crippen LogP contribution in [-0.4, -0.2) is 22.2 Å². The smallest absolute Gasteiger partial charge is 0.307 e. The molecule has 0 saturated heterocycles. The molecule has 0 aliphatic heterocycles. The van der Waals surface area contributed by atoms with E-state index in [-0.39, 0.29) is 12.8 Å². The quantitative estimate of drug-likeness (QED) is 0.413. The van der Waals surface area contributed by atoms with Crippen molar-refractivity contribution in [1.82, 2.24) is 0 Å². The fraction of sp³-hybridized carbons (Fsp3) is 0.714. The maximum absolute atomic E-state index is 10.3. The van der Waals surface area contributed by atoms with E-state index in [2.05, 4.69) is 0 Å². The Morgan fingerprint density at radius 1 is 0.722 bits per heavy atom. The van der Waals surface area contributed by atoms with Gasteiger partial charge in [0.1, 0.15) is 0 Å². The van der Waals surface area contributed by atoms with Gasteiger partial charge in [-0.3, -0.25) is 9.59 Å². The molecule has 0 aromatic carbocycles. The van der Waals surface area contributed by atoms with E-state index in [0.717, 1.165) is 38.5 Å². The fourth-order valence-electron chi connectivity index (χ4n) is 1.72. The molecule has 0 unspecified atom stereocenters. The van der Waals surface area contributed by atoms with E-state index < -0.39 is 11.9 Å². The largest absolute Gasteiger partial charge is 0.481 e. The number of hydrogen-bond donors (Lipinski definition) is 2. The van der Waals surface area contributed by atoms with Crippen LogP contribution < -0.4 is 0 Å². The normalized spacial score (nSPS) is 10.9. The molecule has 0 bridgehead atoms. The van der Waals surface area contributed by atoms with Gasteiger partial charge >= 0.3 is 11.9 Å². The molecule has 18 heavy (non-hydrogen) atoms. The van der Waals surface area contributed by atoms with Crippen LogP contribution in [-0.2, 0) is 9.59 Å². The number of carboxylic acids is 2. The highest BCUT2D eigenvalue weighted by atomic mass is 16.4. The zero-order valence-corrected chi connectivity index (χ0v) is 10.9. The molecule has 4 heteroatoms. The summed E-state index contributed by atoms with van der Waals surface area (Å²) < 4.78 is 0. The summed E-state index contributed by atoms with van der Waals surface area (Å²) >= 11 is 0. The van der Waals surface area contributed by atoms with Gasteiger partial charge in [-0.05, 0) is 19.3 Å². The SMILES string of the molecule is O=C(O)CC=CCCCCCCCCCC(=O)O. The van der Waals surface area contributed by atoms with Crippen molar-refractivity contribution in [3.63, 3.8) is 0 Å². The number of aliphatic carboxylic acids is 2. The van der Waals surface area contributed by atoms with Gasteiger partial charge in [0.15, 0.2) is 0 Å². The second-order valence-corrected chi connectivity index (χ2v) is 4.48. The summed E-state index contributed by atoms with van der Waals surface area (Å²) in [7, 11) is 0. The Hall–Kier alpha value is -1.32. The van der Waals surface area contributed by atoms with Gasteiger partial charge in [0, 0.05) is 6.42 Å². The van der Waals surface area contributed by atoms with Crippen LogP contribution in [0.25, 0.3) is 0 Å². The van der Waals surface area contributed by atoms with Crippen LogP contribution in [0.4, 0.5) is 0 Å². The minimum absolute atomic E-state index is 0.115. The number of unbranched alkanes of at least 4 members (excludes halogenated alkanes) is 7. The molecular weight excluding hydrogens is 232 g/mol. The van der Waals surface area contributed by atoms with Crippen molar-refractivity contribution in [2.24, 2.45) is 0 Å². The van der Waals surface area contributed by atoms with Gasteiger partial charge in [-0.1, -0.05) is 44.3 Å². The van der Waals surface area contributed by atoms with Crippen LogP contribution in [0, 0.1) is 0 Å². The maximum atomic E-state index is 10.3. The van der Waals surface area contributed by atoms with Crippen molar-refractivity contribution in [1.29, 1.82) is 0 Å². The minimum atomic E-state index is -0.785. The van der Waals surface area contributed by atoms with E-state index >= 15 is 0 Å². The predicted molar refractivity (Wildman–Crippen MR) is 70.6 cm³/mol. The van der Waals surface area contributed by atoms with Crippen molar-refractivity contribution >= 4 is 11.9 Å². The van der Waals surface area contributed by atoms with E-state index in [0.29, 0.717) is 0 Å². The summed E-state index contributed by atoms with van der Waals surface area (Å²) in [5.74, 6) is -1.49. The van der Waals surface area contributed by atoms with Gasteiger partial charge in [-0.15, -0.1) is 0 Å². The summed E-state index contributed by atoms with van der Waals surface area (Å²) in [6, 6.07) is 0. The number of rotatable bonds is 12. The molecular formula is C14H24O4. The molecule has 0 fully saturated rings. The summed E-state index contributed by atoms with van der Waals surface area (Å²) in [6.45, 7) is 0. The second-order valence-electron chi connectivity index (χ2n) is 4.48. The molecule has 0 aliphatic carbocycles. The first kappa shape index (κ1) is 16.7. The highest BCUT2D eigenvalue weighted by Crippen LogP contribution is 2.10. The zero-order valence-electron chi connectivity index (χ0n) is 10.9. The Labute approximate surface area is 109 Å². The average Bonchev–Trinajstić information content (AvgIpc) is 2.29. The summed E-state index contributed by atoms with van der Waals surface area (Å²) in [4.78, 5) is 20.5. The lowest BCUT2D eigenvalue weighted by molar-refractivity contribution is -0.137. The van der Waals surface area contributed by atoms with Crippen LogP contribution >= 0.6 is 0 Å². The monoisotopic (exact) mass is 256 g/mol. The molecule has 0 atom stereocenters. The van der Waals surface area contributed by atoms with E-state index in [1.54, 1.807) is 6.08 Å². The Bertz CT molecular complexity index is 259. The van der Waals surface area contributed by atoms with Crippen molar-refractivity contribution in [2.75, 3.05) is 0 Å². The van der Waals surface area contributed by atoms with Gasteiger partial charge in [0.25, 0.3) is 0 Å². The van der Waals surface area contributed by atoms with Gasteiger partial charge in [-0.25, -0.2) is 0 Å². The minimum Gasteiger partial charge on any atom is -0.481 e. The topological polar surface area (TPSA) is 74.6 Å². The Morgan fingerprint density at radius 2 is 1.28 bits per heavy atom. The highest BCUT2D eigenvalue weighted by molar-refractivity contribution is 5.68. The highest BCUT2D eigenvalue weighted by Gasteiger charge is 1.96. The lowest BCUT2D eigenvalue weighted by Crippen LogP contribution is -1.93. The number of hydrogen-bond acceptors (Lipinski definition) is 2. The van der Waals surface area contributed by atoms with Crippen LogP contribution in [0.2, 0.25) is 0 Å². The van der Waals surface area contributed by atoms with E-state index in [1.807, 2.05) is 6.08 Å². The number of carbonyl (C=O) groups is 2. The van der Waals surface area contributed by atoms with E-state index in [1.165, 1.54) is 12.8 Å². The molecule has 0 spiro atoms. The molecule has 0 radical (unpaired) electrons. The lowest BCUT2D eigenvalue weighted by atomic mass is 10.1. The lowest BCUT2D eigenvalue weighted by Gasteiger charge is -2.00. The van der Waals surface area contributed by atoms with E-state index in [9.17, 15) is 9.59 Å². The first-order valence-corrected chi connectivity index (χ1v) is 6.71. The van der Waals surface area contributed by atoms with E-state index in [4.69, 9.17) is 10.2 Å². The van der Waals surface area contributed by atoms with Crippen molar-refractivity contribution in [3.8, 4) is 0 Å². The molecule has 0 rings (SSSR count). The average molecular weight is 256 g/mol. The third-order valence-electron chi connectivity index (χ3n) is 2.72. The first-order valence-electron chi connectivity index (χ1n) is 6.71. The van der Waals surface area contributed by atoms with Crippen LogP contribution in [0.15, 0.2) is 12.2 Å². The Balaban J connectivity index is 3.09. The molecule has 0 amide bonds. The number of carboxylic acid groups (broad SMARTS) is 2. The molecule has 4 nitrogen and oxygen atoms in total. The van der Waals surface area contributed by atoms with Gasteiger partial charge in [0.2, 0.25) is 0 Å². The standard InChI is InChI=1S/C14H24O4/c15-13(16)11-9-7-5-3-1-2-4-6-8-10-12-14(17)18/h7,9H,1-6,8,10-12H2,(H,15,16)(H,17,18). The summed E-state index contributed by atoms with van der Waals surface area (Å²) in [5, 5.41) is 16.9. The summed E-state index contributed by atoms with van der Waals surface area (Å²) in [5.41, 5.74) is 0. The van der Waals surface area contributed by atoms with Gasteiger partial charge < -0.3 is 10.2 Å². The third-order valence-corrected chi connectivity index (χ3v) is 2.72. The van der Waals surface area contributed by atoms with Gasteiger partial charge in [0.05, 0.1) is 6.42 Å². The maximum Gasteiger partial charge on any atom is 0.307 e. The molecule has 0 aromatic rings. The summed E-state index contributed by atoms with van der Waals surface area (Å²) in [6.07, 6.45) is 12.5. The fourth-order valence-corrected chi connectivity index (χ4v) is 1.72. The third kappa shape index (κ3) is 14.7. The van der Waals surface area contributed by atoms with Crippen molar-refractivity contribution < 1.29 is 19.8 Å². The zero-order chi connectivity index (χ0) is 13.6. The number of allylic oxidation sites excluding steroid dienone is 1. The Kier molecular flexibility index (Phi) is 11.3. The predicted octanol–water partition coefficient (Wildman–Crippen LogP) is 3.61. The second kappa shape index (κ2) is 12.1. The molecule has 0 aromatic heterocycles. The molecule has 104 valence electrons. The van der Waals surface area contributed by atoms with Crippen molar-refractivity contribution in [3.05, 3.63) is 12.2 Å². The molecule has 0 aliphatic rings. The van der Waals surface area contributed by atoms with Crippen LogP contribution in [0.1, 0.15) is 64.2 Å². The first-order chi connectivity index (χ1) is 8.63. The van der Waals surface area contributed by atoms with Crippen LogP contribution in [0.5, 0.6) is 0 Å². The van der Waals surface area contributed by atoms with Crippen molar-refractivity contribution in [2.45, 2.75) is 64.2 Å². The van der Waals surface area contributed by atoms with Crippen LogP contribution in [0.3, 0.4) is 0 Å². The van der Waals surface area contributed by atoms with Gasteiger partial charge in [-0.2, -0.15) is 0 Å². The molecule has 0 heterocycles. The Morgan fingerprint density at radius 3 is 1.83 bits per heavy atom. The molecule has 2 N–H and O–H groups in total.